The zero-order chi connectivity index (χ0) is 17.7. The lowest BCUT2D eigenvalue weighted by Crippen LogP contribution is -2.73. The number of ketones is 1. The van der Waals surface area contributed by atoms with Gasteiger partial charge in [0.15, 0.2) is 23.4 Å². The van der Waals surface area contributed by atoms with Crippen LogP contribution in [0.3, 0.4) is 0 Å². The van der Waals surface area contributed by atoms with E-state index in [1.54, 1.807) is 13.2 Å². The highest BCUT2D eigenvalue weighted by Crippen LogP contribution is 2.65. The highest BCUT2D eigenvalue weighted by molar-refractivity contribution is 6.29. The van der Waals surface area contributed by atoms with Crippen molar-refractivity contribution in [1.82, 2.24) is 4.90 Å². The number of rotatable bonds is 3. The van der Waals surface area contributed by atoms with Crippen LogP contribution in [0.15, 0.2) is 24.3 Å². The summed E-state index contributed by atoms with van der Waals surface area (Å²) < 4.78 is 11.8. The Hall–Kier alpha value is -1.52. The number of ether oxygens (including phenoxy) is 2. The Balaban J connectivity index is 1.59. The van der Waals surface area contributed by atoms with Gasteiger partial charge in [-0.3, -0.25) is 9.69 Å². The molecule has 1 aromatic rings. The molecule has 1 aromatic carbocycles. The van der Waals surface area contributed by atoms with Crippen molar-refractivity contribution in [2.24, 2.45) is 5.92 Å². The van der Waals surface area contributed by atoms with E-state index in [1.807, 2.05) is 12.1 Å². The number of carbonyl (C=O) groups excluding carboxylic acids is 1. The van der Waals surface area contributed by atoms with Crippen molar-refractivity contribution in [2.45, 2.75) is 48.1 Å². The van der Waals surface area contributed by atoms with Crippen LogP contribution in [-0.4, -0.2) is 47.9 Å². The van der Waals surface area contributed by atoms with Crippen LogP contribution in [0.2, 0.25) is 0 Å². The third-order valence-electron chi connectivity index (χ3n) is 7.31. The number of alkyl halides is 1. The van der Waals surface area contributed by atoms with E-state index in [1.165, 1.54) is 18.4 Å². The van der Waals surface area contributed by atoms with E-state index >= 15 is 0 Å². The Kier molecular flexibility index (Phi) is 2.89. The summed E-state index contributed by atoms with van der Waals surface area (Å²) in [6, 6.07) is 4.33. The zero-order valence-electron chi connectivity index (χ0n) is 14.8. The van der Waals surface area contributed by atoms with Crippen molar-refractivity contribution >= 4 is 17.4 Å². The molecule has 2 fully saturated rings. The molecule has 4 atom stereocenters. The molecule has 2 aliphatic heterocycles. The molecule has 0 unspecified atom stereocenters. The van der Waals surface area contributed by atoms with Crippen LogP contribution < -0.4 is 9.47 Å². The summed E-state index contributed by atoms with van der Waals surface area (Å²) in [6.07, 6.45) is 7.54. The van der Waals surface area contributed by atoms with Gasteiger partial charge in [-0.15, -0.1) is 11.6 Å². The van der Waals surface area contributed by atoms with Gasteiger partial charge in [-0.05, 0) is 55.9 Å². The predicted molar refractivity (Wildman–Crippen MR) is 98.2 cm³/mol. The molecule has 0 aromatic heterocycles. The molecule has 1 saturated carbocycles. The van der Waals surface area contributed by atoms with Gasteiger partial charge in [0, 0.05) is 18.2 Å². The van der Waals surface area contributed by atoms with E-state index in [-0.39, 0.29) is 11.8 Å². The Morgan fingerprint density at radius 2 is 2.23 bits per heavy atom. The summed E-state index contributed by atoms with van der Waals surface area (Å²) in [5.41, 5.74) is 1.94. The summed E-state index contributed by atoms with van der Waals surface area (Å²) in [5, 5.41) is 0. The molecule has 0 amide bonds. The third kappa shape index (κ3) is 1.64. The van der Waals surface area contributed by atoms with Gasteiger partial charge in [0.05, 0.1) is 17.4 Å². The summed E-state index contributed by atoms with van der Waals surface area (Å²) in [4.78, 5) is 14.8. The minimum atomic E-state index is -0.594. The molecule has 5 heteroatoms. The summed E-state index contributed by atoms with van der Waals surface area (Å²) >= 11 is 7.45. The van der Waals surface area contributed by atoms with Crippen molar-refractivity contribution in [3.05, 3.63) is 35.4 Å². The fourth-order valence-corrected chi connectivity index (χ4v) is 6.52. The second kappa shape index (κ2) is 4.85. The lowest BCUT2D eigenvalue weighted by atomic mass is 9.53. The van der Waals surface area contributed by atoms with Gasteiger partial charge in [0.1, 0.15) is 0 Å². The summed E-state index contributed by atoms with van der Waals surface area (Å²) in [6.45, 7) is 2.10. The minimum absolute atomic E-state index is 0.0294. The van der Waals surface area contributed by atoms with Gasteiger partial charge >= 0.3 is 0 Å². The van der Waals surface area contributed by atoms with E-state index in [9.17, 15) is 4.79 Å². The number of piperidine rings is 1. The lowest BCUT2D eigenvalue weighted by molar-refractivity contribution is -0.126. The van der Waals surface area contributed by atoms with Crippen molar-refractivity contribution in [2.75, 3.05) is 20.2 Å². The van der Waals surface area contributed by atoms with Crippen LogP contribution in [0, 0.1) is 5.92 Å². The van der Waals surface area contributed by atoms with E-state index in [0.29, 0.717) is 5.75 Å². The number of benzene rings is 1. The molecule has 5 aliphatic rings. The summed E-state index contributed by atoms with van der Waals surface area (Å²) in [5.74, 6) is 2.30. The van der Waals surface area contributed by atoms with Gasteiger partial charge in [-0.25, -0.2) is 0 Å². The lowest BCUT2D eigenvalue weighted by Gasteiger charge is -2.60. The van der Waals surface area contributed by atoms with Crippen LogP contribution >= 0.6 is 11.6 Å². The molecule has 2 heterocycles. The predicted octanol–water partition coefficient (Wildman–Crippen LogP) is 2.85. The first-order valence-corrected chi connectivity index (χ1v) is 9.99. The van der Waals surface area contributed by atoms with E-state index in [2.05, 4.69) is 11.0 Å². The first kappa shape index (κ1) is 15.5. The van der Waals surface area contributed by atoms with Crippen molar-refractivity contribution in [3.8, 4) is 11.5 Å². The molecular weight excluding hydrogens is 350 g/mol. The fourth-order valence-electron chi connectivity index (χ4n) is 5.96. The van der Waals surface area contributed by atoms with Crippen molar-refractivity contribution in [3.63, 3.8) is 0 Å². The molecule has 136 valence electrons. The molecule has 1 spiro atoms. The van der Waals surface area contributed by atoms with Gasteiger partial charge in [0.2, 0.25) is 0 Å². The maximum atomic E-state index is 12.8. The first-order valence-electron chi connectivity index (χ1n) is 9.61. The molecule has 1 saturated heterocycles. The third-order valence-corrected chi connectivity index (χ3v) is 8.03. The molecule has 2 bridgehead atoms. The highest BCUT2D eigenvalue weighted by Gasteiger charge is 2.71. The monoisotopic (exact) mass is 371 g/mol. The van der Waals surface area contributed by atoms with Gasteiger partial charge in [-0.1, -0.05) is 12.1 Å². The Labute approximate surface area is 158 Å². The fraction of sp³-hybridized carbons (Fsp3) is 0.571. The number of methoxy groups -OCH3 is 1. The highest BCUT2D eigenvalue weighted by atomic mass is 35.5. The Bertz CT molecular complexity index is 863. The average Bonchev–Trinajstić information content (AvgIpc) is 3.37. The van der Waals surface area contributed by atoms with Crippen LogP contribution in [0.25, 0.3) is 0 Å². The maximum Gasteiger partial charge on any atom is 0.196 e. The number of nitrogens with zero attached hydrogens (tertiary/aromatic N) is 1. The van der Waals surface area contributed by atoms with E-state index < -0.39 is 16.4 Å². The number of hydrogen-bond donors (Lipinski definition) is 0. The Morgan fingerprint density at radius 1 is 1.38 bits per heavy atom. The maximum absolute atomic E-state index is 12.8. The molecule has 3 aliphatic carbocycles. The normalized spacial score (nSPS) is 39.5. The Morgan fingerprint density at radius 3 is 3.00 bits per heavy atom. The quantitative estimate of drug-likeness (QED) is 0.766. The summed E-state index contributed by atoms with van der Waals surface area (Å²) in [7, 11) is 1.65. The number of likely N-dealkylation sites (tertiary alicyclic amines) is 1. The molecule has 0 radical (unpaired) electrons. The van der Waals surface area contributed by atoms with Crippen LogP contribution in [0.1, 0.15) is 30.4 Å². The van der Waals surface area contributed by atoms with Crippen LogP contribution in [0.4, 0.5) is 0 Å². The molecule has 4 nitrogen and oxygen atoms in total. The number of hydrogen-bond acceptors (Lipinski definition) is 4. The average molecular weight is 372 g/mol. The smallest absolute Gasteiger partial charge is 0.196 e. The minimum Gasteiger partial charge on any atom is -0.493 e. The second-order valence-corrected chi connectivity index (χ2v) is 9.14. The molecule has 6 rings (SSSR count). The van der Waals surface area contributed by atoms with E-state index in [0.717, 1.165) is 43.2 Å². The zero-order valence-corrected chi connectivity index (χ0v) is 15.6. The molecule has 26 heavy (non-hydrogen) atoms. The van der Waals surface area contributed by atoms with Gasteiger partial charge < -0.3 is 9.47 Å². The standard InChI is InChI=1S/C21H22ClNO3/c1-25-15-5-4-13-10-16-21(22)7-6-14(24)19-20(21,17(13)18(15)26-19)8-9-23(16)11-12-2-3-12/h4-7,12,16,19H,2-3,8-11H2,1H3/t16-,19+,20+,21-/m1/s1. The van der Waals surface area contributed by atoms with Crippen LogP contribution in [-0.2, 0) is 16.6 Å². The second-order valence-electron chi connectivity index (χ2n) is 8.51. The SMILES string of the molecule is COc1ccc2c3c1O[C@H]1C(=O)C=C[C@@]4(Cl)[C@@H](C2)N(CC2CC2)CC[C@]314. The van der Waals surface area contributed by atoms with Crippen LogP contribution in [0.5, 0.6) is 11.5 Å². The molecular formula is C21H22ClNO3. The topological polar surface area (TPSA) is 38.8 Å². The first-order chi connectivity index (χ1) is 12.6. The largest absolute Gasteiger partial charge is 0.493 e. The van der Waals surface area contributed by atoms with Crippen molar-refractivity contribution in [1.29, 1.82) is 0 Å². The van der Waals surface area contributed by atoms with Gasteiger partial charge in [0.25, 0.3) is 0 Å². The molecule has 0 N–H and O–H groups in total. The van der Waals surface area contributed by atoms with Crippen molar-refractivity contribution < 1.29 is 14.3 Å². The van der Waals surface area contributed by atoms with Gasteiger partial charge in [-0.2, -0.15) is 0 Å². The van der Waals surface area contributed by atoms with E-state index in [4.69, 9.17) is 21.1 Å². The number of carbonyl (C=O) groups is 1. The number of halogens is 1.